The molecule has 0 saturated heterocycles. The van der Waals surface area contributed by atoms with E-state index in [0.717, 1.165) is 21.4 Å². The highest BCUT2D eigenvalue weighted by molar-refractivity contribution is 9.10. The van der Waals surface area contributed by atoms with Crippen LogP contribution in [0.4, 0.5) is 0 Å². The van der Waals surface area contributed by atoms with Crippen molar-refractivity contribution in [2.45, 2.75) is 0 Å². The summed E-state index contributed by atoms with van der Waals surface area (Å²) in [6, 6.07) is 11.8. The fraction of sp³-hybridized carbons (Fsp3) is 0. The Kier molecular flexibility index (Phi) is 2.55. The standard InChI is InChI=1S/C12H9BrO/c1-9(12-3-2-8-14-12)10-4-6-11(13)7-5-10/h2-8H,1H2. The molecule has 2 aromatic rings. The first-order chi connectivity index (χ1) is 6.77. The summed E-state index contributed by atoms with van der Waals surface area (Å²) in [6.45, 7) is 3.99. The average molecular weight is 249 g/mol. The van der Waals surface area contributed by atoms with Gasteiger partial charge in [-0.15, -0.1) is 0 Å². The molecule has 70 valence electrons. The fourth-order valence-electron chi connectivity index (χ4n) is 1.24. The molecule has 0 aliphatic carbocycles. The van der Waals surface area contributed by atoms with Crippen molar-refractivity contribution < 1.29 is 4.42 Å². The molecule has 1 aromatic heterocycles. The zero-order valence-corrected chi connectivity index (χ0v) is 9.12. The lowest BCUT2D eigenvalue weighted by Gasteiger charge is -2.02. The molecule has 2 rings (SSSR count). The second-order valence-corrected chi connectivity index (χ2v) is 3.88. The highest BCUT2D eigenvalue weighted by Gasteiger charge is 2.03. The van der Waals surface area contributed by atoms with Crippen molar-refractivity contribution in [1.82, 2.24) is 0 Å². The molecule has 0 unspecified atom stereocenters. The molecular weight excluding hydrogens is 240 g/mol. The lowest BCUT2D eigenvalue weighted by molar-refractivity contribution is 0.554. The first-order valence-electron chi connectivity index (χ1n) is 4.26. The molecule has 0 bridgehead atoms. The van der Waals surface area contributed by atoms with Gasteiger partial charge in [0.15, 0.2) is 0 Å². The predicted octanol–water partition coefficient (Wildman–Crippen LogP) is 4.10. The molecule has 2 heteroatoms. The second kappa shape index (κ2) is 3.84. The van der Waals surface area contributed by atoms with Crippen molar-refractivity contribution >= 4 is 21.5 Å². The lowest BCUT2D eigenvalue weighted by atomic mass is 10.1. The highest BCUT2D eigenvalue weighted by atomic mass is 79.9. The number of rotatable bonds is 2. The number of hydrogen-bond acceptors (Lipinski definition) is 1. The van der Waals surface area contributed by atoms with Crippen LogP contribution in [0, 0.1) is 0 Å². The van der Waals surface area contributed by atoms with Crippen LogP contribution in [0.5, 0.6) is 0 Å². The van der Waals surface area contributed by atoms with Crippen molar-refractivity contribution in [2.24, 2.45) is 0 Å². The van der Waals surface area contributed by atoms with Gasteiger partial charge in [-0.25, -0.2) is 0 Å². The fourth-order valence-corrected chi connectivity index (χ4v) is 1.51. The van der Waals surface area contributed by atoms with Crippen LogP contribution in [-0.2, 0) is 0 Å². The van der Waals surface area contributed by atoms with Crippen LogP contribution in [0.1, 0.15) is 11.3 Å². The first-order valence-corrected chi connectivity index (χ1v) is 5.05. The zero-order valence-electron chi connectivity index (χ0n) is 7.53. The first kappa shape index (κ1) is 9.28. The maximum absolute atomic E-state index is 5.27. The van der Waals surface area contributed by atoms with Gasteiger partial charge in [-0.3, -0.25) is 0 Å². The van der Waals surface area contributed by atoms with Crippen LogP contribution < -0.4 is 0 Å². The summed E-state index contributed by atoms with van der Waals surface area (Å²) in [5.74, 6) is 0.812. The van der Waals surface area contributed by atoms with Crippen molar-refractivity contribution in [3.05, 3.63) is 65.0 Å². The Labute approximate surface area is 91.2 Å². The molecule has 1 nitrogen and oxygen atoms in total. The van der Waals surface area contributed by atoms with Gasteiger partial charge in [-0.1, -0.05) is 34.6 Å². The van der Waals surface area contributed by atoms with Gasteiger partial charge >= 0.3 is 0 Å². The molecule has 0 atom stereocenters. The summed E-state index contributed by atoms with van der Waals surface area (Å²) in [4.78, 5) is 0. The number of furan rings is 1. The van der Waals surface area contributed by atoms with E-state index < -0.39 is 0 Å². The summed E-state index contributed by atoms with van der Waals surface area (Å²) in [5.41, 5.74) is 1.98. The van der Waals surface area contributed by atoms with E-state index in [1.807, 2.05) is 36.4 Å². The van der Waals surface area contributed by atoms with Crippen LogP contribution in [0.3, 0.4) is 0 Å². The SMILES string of the molecule is C=C(c1ccc(Br)cc1)c1ccco1. The third kappa shape index (κ3) is 1.80. The smallest absolute Gasteiger partial charge is 0.133 e. The van der Waals surface area contributed by atoms with Crippen molar-refractivity contribution in [1.29, 1.82) is 0 Å². The number of halogens is 1. The Hall–Kier alpha value is -1.28. The van der Waals surface area contributed by atoms with Crippen molar-refractivity contribution in [3.63, 3.8) is 0 Å². The monoisotopic (exact) mass is 248 g/mol. The molecule has 0 N–H and O–H groups in total. The van der Waals surface area contributed by atoms with Crippen LogP contribution in [-0.4, -0.2) is 0 Å². The maximum Gasteiger partial charge on any atom is 0.133 e. The molecular formula is C12H9BrO. The van der Waals surface area contributed by atoms with Gasteiger partial charge < -0.3 is 4.42 Å². The lowest BCUT2D eigenvalue weighted by Crippen LogP contribution is -1.82. The van der Waals surface area contributed by atoms with Crippen molar-refractivity contribution in [3.8, 4) is 0 Å². The maximum atomic E-state index is 5.27. The van der Waals surface area contributed by atoms with E-state index in [1.165, 1.54) is 0 Å². The van der Waals surface area contributed by atoms with Gasteiger partial charge in [0.05, 0.1) is 6.26 Å². The van der Waals surface area contributed by atoms with Gasteiger partial charge in [0.1, 0.15) is 5.76 Å². The summed E-state index contributed by atoms with van der Waals surface area (Å²) in [7, 11) is 0. The second-order valence-electron chi connectivity index (χ2n) is 2.96. The Morgan fingerprint density at radius 1 is 1.14 bits per heavy atom. The summed E-state index contributed by atoms with van der Waals surface area (Å²) in [6.07, 6.45) is 1.65. The minimum absolute atomic E-state index is 0.812. The average Bonchev–Trinajstić information content (AvgIpc) is 2.71. The van der Waals surface area contributed by atoms with Crippen LogP contribution >= 0.6 is 15.9 Å². The van der Waals surface area contributed by atoms with Gasteiger partial charge in [-0.2, -0.15) is 0 Å². The van der Waals surface area contributed by atoms with E-state index in [9.17, 15) is 0 Å². The van der Waals surface area contributed by atoms with Crippen LogP contribution in [0.25, 0.3) is 5.57 Å². The third-order valence-electron chi connectivity index (χ3n) is 2.01. The topological polar surface area (TPSA) is 13.1 Å². The van der Waals surface area contributed by atoms with Gasteiger partial charge in [0.25, 0.3) is 0 Å². The van der Waals surface area contributed by atoms with Crippen LogP contribution in [0.15, 0.2) is 58.1 Å². The van der Waals surface area contributed by atoms with E-state index >= 15 is 0 Å². The van der Waals surface area contributed by atoms with Gasteiger partial charge in [-0.05, 0) is 29.8 Å². The molecule has 1 aromatic carbocycles. The van der Waals surface area contributed by atoms with E-state index in [1.54, 1.807) is 6.26 Å². The predicted molar refractivity (Wildman–Crippen MR) is 61.0 cm³/mol. The Balaban J connectivity index is 2.33. The minimum atomic E-state index is 0.812. The van der Waals surface area contributed by atoms with Gasteiger partial charge in [0, 0.05) is 10.0 Å². The van der Waals surface area contributed by atoms with Crippen molar-refractivity contribution in [2.75, 3.05) is 0 Å². The summed E-state index contributed by atoms with van der Waals surface area (Å²) in [5, 5.41) is 0. The molecule has 1 heterocycles. The molecule has 0 spiro atoms. The molecule has 0 amide bonds. The Morgan fingerprint density at radius 3 is 2.43 bits per heavy atom. The number of hydrogen-bond donors (Lipinski definition) is 0. The summed E-state index contributed by atoms with van der Waals surface area (Å²) < 4.78 is 6.33. The Morgan fingerprint density at radius 2 is 1.86 bits per heavy atom. The molecule has 0 saturated carbocycles. The van der Waals surface area contributed by atoms with E-state index in [-0.39, 0.29) is 0 Å². The Bertz CT molecular complexity index is 426. The highest BCUT2D eigenvalue weighted by Crippen LogP contribution is 2.23. The van der Waals surface area contributed by atoms with Gasteiger partial charge in [0.2, 0.25) is 0 Å². The number of benzene rings is 1. The van der Waals surface area contributed by atoms with E-state index in [0.29, 0.717) is 0 Å². The largest absolute Gasteiger partial charge is 0.464 e. The molecule has 0 aliphatic rings. The van der Waals surface area contributed by atoms with E-state index in [2.05, 4.69) is 22.5 Å². The molecule has 14 heavy (non-hydrogen) atoms. The molecule has 0 radical (unpaired) electrons. The third-order valence-corrected chi connectivity index (χ3v) is 2.54. The molecule has 0 aliphatic heterocycles. The minimum Gasteiger partial charge on any atom is -0.464 e. The van der Waals surface area contributed by atoms with Crippen LogP contribution in [0.2, 0.25) is 0 Å². The normalized spacial score (nSPS) is 10.1. The quantitative estimate of drug-likeness (QED) is 0.780. The summed E-state index contributed by atoms with van der Waals surface area (Å²) >= 11 is 3.39. The molecule has 0 fully saturated rings. The van der Waals surface area contributed by atoms with E-state index in [4.69, 9.17) is 4.42 Å². The zero-order chi connectivity index (χ0) is 9.97.